The zero-order valence-electron chi connectivity index (χ0n) is 20.2. The number of anilines is 2. The molecule has 0 radical (unpaired) electrons. The molecule has 0 bridgehead atoms. The summed E-state index contributed by atoms with van der Waals surface area (Å²) in [6, 6.07) is 7.50. The second kappa shape index (κ2) is 10.00. The molecule has 0 aliphatic carbocycles. The van der Waals surface area contributed by atoms with Gasteiger partial charge in [-0.05, 0) is 63.6 Å². The molecule has 0 spiro atoms. The molecule has 0 saturated carbocycles. The van der Waals surface area contributed by atoms with Crippen LogP contribution in [0.4, 0.5) is 29.3 Å². The number of hydrogen-bond acceptors (Lipinski definition) is 6. The molecular formula is C23H27F3N4O6S. The predicted octanol–water partition coefficient (Wildman–Crippen LogP) is 4.47. The van der Waals surface area contributed by atoms with Crippen LogP contribution in [-0.4, -0.2) is 48.8 Å². The molecule has 0 fully saturated rings. The first-order valence-electron chi connectivity index (χ1n) is 11.1. The number of oxime groups is 1. The molecule has 1 amide bonds. The maximum Gasteiger partial charge on any atom is 0.416 e. The lowest BCUT2D eigenvalue weighted by Gasteiger charge is -2.38. The van der Waals surface area contributed by atoms with E-state index in [9.17, 15) is 31.5 Å². The highest BCUT2D eigenvalue weighted by atomic mass is 32.2. The highest BCUT2D eigenvalue weighted by Crippen LogP contribution is 2.42. The van der Waals surface area contributed by atoms with E-state index < -0.39 is 44.4 Å². The molecule has 14 heteroatoms. The number of carboxylic acid groups (broad SMARTS) is 1. The lowest BCUT2D eigenvalue weighted by atomic mass is 10.0. The molecule has 37 heavy (non-hydrogen) atoms. The number of rotatable bonds is 6. The van der Waals surface area contributed by atoms with Crippen LogP contribution < -0.4 is 19.7 Å². The molecular weight excluding hydrogens is 517 g/mol. The Balaban J connectivity index is 2.15. The molecule has 1 aliphatic rings. The Morgan fingerprint density at radius 2 is 1.89 bits per heavy atom. The van der Waals surface area contributed by atoms with Gasteiger partial charge in [0.2, 0.25) is 0 Å². The van der Waals surface area contributed by atoms with Gasteiger partial charge in [0.25, 0.3) is 10.0 Å². The second-order valence-electron chi connectivity index (χ2n) is 9.37. The van der Waals surface area contributed by atoms with Gasteiger partial charge in [0.05, 0.1) is 28.4 Å². The smallest absolute Gasteiger partial charge is 0.416 e. The number of nitrogens with two attached hydrogens (primary N) is 1. The Bertz CT molecular complexity index is 1310. The van der Waals surface area contributed by atoms with Crippen molar-refractivity contribution in [2.75, 3.05) is 15.7 Å². The number of amidine groups is 1. The zero-order chi connectivity index (χ0) is 27.8. The van der Waals surface area contributed by atoms with E-state index in [0.29, 0.717) is 6.07 Å². The summed E-state index contributed by atoms with van der Waals surface area (Å²) in [7, 11) is -4.56. The van der Waals surface area contributed by atoms with Gasteiger partial charge in [-0.1, -0.05) is 11.2 Å². The average molecular weight is 545 g/mol. The molecule has 0 saturated heterocycles. The van der Waals surface area contributed by atoms with Crippen LogP contribution in [0.15, 0.2) is 52.5 Å². The van der Waals surface area contributed by atoms with Gasteiger partial charge in [-0.15, -0.1) is 0 Å². The summed E-state index contributed by atoms with van der Waals surface area (Å²) < 4.78 is 74.0. The van der Waals surface area contributed by atoms with Crippen molar-refractivity contribution in [3.8, 4) is 5.75 Å². The Labute approximate surface area is 211 Å². The van der Waals surface area contributed by atoms with Gasteiger partial charge in [-0.2, -0.15) is 13.2 Å². The number of amides is 1. The van der Waals surface area contributed by atoms with Gasteiger partial charge in [0.15, 0.2) is 0 Å². The maximum atomic E-state index is 13.7. The van der Waals surface area contributed by atoms with Gasteiger partial charge < -0.3 is 20.8 Å². The van der Waals surface area contributed by atoms with Crippen molar-refractivity contribution >= 4 is 33.3 Å². The van der Waals surface area contributed by atoms with E-state index in [1.807, 2.05) is 0 Å². The highest BCUT2D eigenvalue weighted by Gasteiger charge is 2.38. The van der Waals surface area contributed by atoms with Gasteiger partial charge in [0.1, 0.15) is 17.7 Å². The van der Waals surface area contributed by atoms with Crippen LogP contribution in [0.3, 0.4) is 0 Å². The molecule has 1 heterocycles. The third kappa shape index (κ3) is 6.01. The number of alkyl halides is 3. The van der Waals surface area contributed by atoms with Crippen molar-refractivity contribution in [2.24, 2.45) is 10.9 Å². The minimum Gasteiger partial charge on any atom is -0.486 e. The Morgan fingerprint density at radius 3 is 2.46 bits per heavy atom. The van der Waals surface area contributed by atoms with Gasteiger partial charge >= 0.3 is 12.3 Å². The van der Waals surface area contributed by atoms with Crippen LogP contribution in [0.1, 0.15) is 39.2 Å². The Hall–Kier alpha value is -3.68. The molecule has 1 aliphatic heterocycles. The summed E-state index contributed by atoms with van der Waals surface area (Å²) in [4.78, 5) is 12.4. The largest absolute Gasteiger partial charge is 0.486 e. The van der Waals surface area contributed by atoms with Crippen molar-refractivity contribution in [1.82, 2.24) is 0 Å². The topological polar surface area (TPSA) is 146 Å². The fraction of sp³-hybridized carbons (Fsp3) is 0.391. The standard InChI is InChI=1S/C23H27F3N4O6S/c1-22(2,3)30(21(31)32)15-7-9-19-18(12-15)29(13-16(36-19)8-10-20(27)28-33)37(34,35)17-6-4-5-14(11-17)23(24,25)26/h4-7,9,11-12,16,33H,8,10,13H2,1-3H3,(H2,27,28)(H,31,32). The number of hydrogen-bond donors (Lipinski definition) is 3. The average Bonchev–Trinajstić information content (AvgIpc) is 2.80. The molecule has 10 nitrogen and oxygen atoms in total. The lowest BCUT2D eigenvalue weighted by Crippen LogP contribution is -2.46. The van der Waals surface area contributed by atoms with E-state index in [1.165, 1.54) is 18.2 Å². The van der Waals surface area contributed by atoms with Crippen molar-refractivity contribution in [2.45, 2.75) is 56.3 Å². The van der Waals surface area contributed by atoms with E-state index in [-0.39, 0.29) is 42.3 Å². The Kier molecular flexibility index (Phi) is 7.54. The number of fused-ring (bicyclic) bond motifs is 1. The maximum absolute atomic E-state index is 13.7. The summed E-state index contributed by atoms with van der Waals surface area (Å²) >= 11 is 0. The van der Waals surface area contributed by atoms with Crippen molar-refractivity contribution in [3.63, 3.8) is 0 Å². The van der Waals surface area contributed by atoms with Crippen LogP contribution in [0.2, 0.25) is 0 Å². The summed E-state index contributed by atoms with van der Waals surface area (Å²) in [6.45, 7) is 4.64. The third-order valence-electron chi connectivity index (χ3n) is 5.59. The molecule has 1 unspecified atom stereocenters. The predicted molar refractivity (Wildman–Crippen MR) is 130 cm³/mol. The van der Waals surface area contributed by atoms with E-state index in [2.05, 4.69) is 5.16 Å². The molecule has 2 aromatic carbocycles. The summed E-state index contributed by atoms with van der Waals surface area (Å²) in [5, 5.41) is 21.5. The minimum absolute atomic E-state index is 0.0366. The number of benzene rings is 2. The van der Waals surface area contributed by atoms with Gasteiger partial charge in [-0.25, -0.2) is 13.2 Å². The first-order chi connectivity index (χ1) is 17.1. The fourth-order valence-electron chi connectivity index (χ4n) is 3.92. The molecule has 1 atom stereocenters. The normalized spacial score (nSPS) is 16.6. The molecule has 3 rings (SSSR count). The van der Waals surface area contributed by atoms with Crippen molar-refractivity contribution in [1.29, 1.82) is 0 Å². The number of sulfonamides is 1. The first kappa shape index (κ1) is 27.9. The van der Waals surface area contributed by atoms with Crippen molar-refractivity contribution in [3.05, 3.63) is 48.0 Å². The third-order valence-corrected chi connectivity index (χ3v) is 7.37. The SMILES string of the molecule is CC(C)(C)N(C(=O)O)c1ccc2c(c1)N(S(=O)(=O)c1cccc(C(F)(F)F)c1)CC(CCC(N)=NO)O2. The van der Waals surface area contributed by atoms with Gasteiger partial charge in [-0.3, -0.25) is 9.21 Å². The number of nitrogens with zero attached hydrogens (tertiary/aromatic N) is 3. The Morgan fingerprint density at radius 1 is 1.22 bits per heavy atom. The second-order valence-corrected chi connectivity index (χ2v) is 11.2. The quantitative estimate of drug-likeness (QED) is 0.210. The summed E-state index contributed by atoms with van der Waals surface area (Å²) in [6.07, 6.45) is -6.65. The van der Waals surface area contributed by atoms with Crippen LogP contribution in [0.5, 0.6) is 5.75 Å². The summed E-state index contributed by atoms with van der Waals surface area (Å²) in [5.74, 6) is -0.0337. The number of halogens is 3. The van der Waals surface area contributed by atoms with E-state index in [1.54, 1.807) is 20.8 Å². The van der Waals surface area contributed by atoms with E-state index in [0.717, 1.165) is 27.4 Å². The number of ether oxygens (including phenoxy) is 1. The highest BCUT2D eigenvalue weighted by molar-refractivity contribution is 7.92. The zero-order valence-corrected chi connectivity index (χ0v) is 21.0. The van der Waals surface area contributed by atoms with Crippen LogP contribution >= 0.6 is 0 Å². The van der Waals surface area contributed by atoms with Crippen LogP contribution in [0, 0.1) is 0 Å². The minimum atomic E-state index is -4.76. The first-order valence-corrected chi connectivity index (χ1v) is 12.5. The van der Waals surface area contributed by atoms with E-state index in [4.69, 9.17) is 15.7 Å². The van der Waals surface area contributed by atoms with Crippen molar-refractivity contribution < 1.29 is 41.4 Å². The number of carbonyl (C=O) groups is 1. The van der Waals surface area contributed by atoms with Crippen LogP contribution in [-0.2, 0) is 16.2 Å². The van der Waals surface area contributed by atoms with Crippen LogP contribution in [0.25, 0.3) is 0 Å². The van der Waals surface area contributed by atoms with Gasteiger partial charge in [0, 0.05) is 12.0 Å². The molecule has 2 aromatic rings. The molecule has 0 aromatic heterocycles. The fourth-order valence-corrected chi connectivity index (χ4v) is 5.47. The molecule has 202 valence electrons. The van der Waals surface area contributed by atoms with E-state index >= 15 is 0 Å². The summed E-state index contributed by atoms with van der Waals surface area (Å²) in [5.41, 5.74) is 3.59. The molecule has 4 N–H and O–H groups in total. The monoisotopic (exact) mass is 544 g/mol. The lowest BCUT2D eigenvalue weighted by molar-refractivity contribution is -0.137.